The van der Waals surface area contributed by atoms with Gasteiger partial charge in [0.2, 0.25) is 0 Å². The number of aromatic hydroxyl groups is 1. The molecule has 2 aliphatic rings. The van der Waals surface area contributed by atoms with Crippen LogP contribution in [0.15, 0.2) is 18.3 Å². The number of H-pyrrole nitrogens is 1. The second-order valence-corrected chi connectivity index (χ2v) is 10.2. The second kappa shape index (κ2) is 4.30. The molecule has 4 nitrogen and oxygen atoms in total. The maximum atomic E-state index is 13.2. The van der Waals surface area contributed by atoms with Gasteiger partial charge in [0.05, 0.1) is 21.9 Å². The zero-order chi connectivity index (χ0) is 19.5. The normalized spacial score (nSPS) is 19.3. The number of benzene rings is 4. The number of pyridine rings is 1. The number of hydrogen-bond donors (Lipinski definition) is 2. The molecule has 3 aromatic heterocycles. The van der Waals surface area contributed by atoms with Gasteiger partial charge in [-0.3, -0.25) is 9.78 Å². The molecular weight excluding hydrogens is 392 g/mol. The second-order valence-electron chi connectivity index (χ2n) is 9.18. The van der Waals surface area contributed by atoms with Gasteiger partial charge in [0.15, 0.2) is 5.78 Å². The fraction of sp³-hybridized carbons (Fsp3) is 0.200. The van der Waals surface area contributed by atoms with Gasteiger partial charge in [0, 0.05) is 60.6 Å². The lowest BCUT2D eigenvalue weighted by molar-refractivity contribution is 0.0969. The number of hydrogen-bond acceptors (Lipinski definition) is 4. The Bertz CT molecular complexity index is 1890. The molecule has 1 atom stereocenters. The first-order chi connectivity index (χ1) is 14.7. The Morgan fingerprint density at radius 1 is 1.00 bits per heavy atom. The first kappa shape index (κ1) is 14.7. The largest absolute Gasteiger partial charge is 0.506 e. The van der Waals surface area contributed by atoms with Gasteiger partial charge in [0.1, 0.15) is 5.75 Å². The van der Waals surface area contributed by atoms with Gasteiger partial charge in [0.25, 0.3) is 0 Å². The molecule has 0 fully saturated rings. The summed E-state index contributed by atoms with van der Waals surface area (Å²) in [6.45, 7) is 0. The highest BCUT2D eigenvalue weighted by atomic mass is 32.1. The minimum absolute atomic E-state index is 0.275. The molecule has 30 heavy (non-hydrogen) atoms. The molecule has 0 spiro atoms. The van der Waals surface area contributed by atoms with Gasteiger partial charge < -0.3 is 10.1 Å². The van der Waals surface area contributed by atoms with Crippen molar-refractivity contribution in [3.05, 3.63) is 35.0 Å². The van der Waals surface area contributed by atoms with Crippen molar-refractivity contribution in [3.63, 3.8) is 0 Å². The Morgan fingerprint density at radius 3 is 2.80 bits per heavy atom. The fourth-order valence-electron chi connectivity index (χ4n) is 6.85. The number of phenols is 1. The number of carbonyl (C=O) groups excluding carboxylic acids is 1. The smallest absolute Gasteiger partial charge is 0.164 e. The summed E-state index contributed by atoms with van der Waals surface area (Å²) in [4.78, 5) is 21.5. The van der Waals surface area contributed by atoms with Crippen LogP contribution in [0.25, 0.3) is 63.7 Å². The number of aromatic amines is 1. The summed E-state index contributed by atoms with van der Waals surface area (Å²) in [6.07, 6.45) is 5.78. The first-order valence-corrected chi connectivity index (χ1v) is 11.4. The number of Topliss-reactive ketones (excluding diaryl/α,β-unsaturated/α-hetero) is 1. The van der Waals surface area contributed by atoms with E-state index in [1.807, 2.05) is 12.3 Å². The van der Waals surface area contributed by atoms with E-state index in [4.69, 9.17) is 0 Å². The molecule has 0 bridgehead atoms. The fourth-order valence-corrected chi connectivity index (χ4v) is 8.17. The molecule has 9 rings (SSSR count). The van der Waals surface area contributed by atoms with Crippen molar-refractivity contribution in [1.82, 2.24) is 9.97 Å². The van der Waals surface area contributed by atoms with Gasteiger partial charge in [-0.05, 0) is 47.8 Å². The summed E-state index contributed by atoms with van der Waals surface area (Å²) in [5, 5.41) is 19.3. The predicted molar refractivity (Wildman–Crippen MR) is 121 cm³/mol. The van der Waals surface area contributed by atoms with Crippen molar-refractivity contribution in [3.8, 4) is 5.75 Å². The Morgan fingerprint density at radius 2 is 1.87 bits per heavy atom. The molecule has 0 aliphatic heterocycles. The summed E-state index contributed by atoms with van der Waals surface area (Å²) in [6, 6.07) is 3.91. The third kappa shape index (κ3) is 1.31. The zero-order valence-corrected chi connectivity index (χ0v) is 16.7. The number of carbonyl (C=O) groups is 1. The molecule has 0 radical (unpaired) electrons. The number of ketones is 1. The highest BCUT2D eigenvalue weighted by molar-refractivity contribution is 7.26. The number of nitrogens with one attached hydrogen (secondary N) is 1. The van der Waals surface area contributed by atoms with Crippen LogP contribution in [0.3, 0.4) is 0 Å². The van der Waals surface area contributed by atoms with Gasteiger partial charge in [-0.25, -0.2) is 0 Å². The number of nitrogens with zero attached hydrogens (tertiary/aromatic N) is 1. The molecule has 0 amide bonds. The van der Waals surface area contributed by atoms with Gasteiger partial charge in [-0.15, -0.1) is 11.3 Å². The summed E-state index contributed by atoms with van der Waals surface area (Å²) < 4.78 is 2.27. The SMILES string of the molecule is O=C1CC2CCCc3c2c2c1cc1[nH]c4cnc5cc(O)c6sc3c3c6c5c4c1c23. The summed E-state index contributed by atoms with van der Waals surface area (Å²) >= 11 is 1.73. The van der Waals surface area contributed by atoms with Crippen LogP contribution in [0.4, 0.5) is 0 Å². The number of aryl methyl sites for hydroxylation is 1. The van der Waals surface area contributed by atoms with E-state index >= 15 is 0 Å². The lowest BCUT2D eigenvalue weighted by Gasteiger charge is -2.32. The van der Waals surface area contributed by atoms with Crippen LogP contribution < -0.4 is 0 Å². The van der Waals surface area contributed by atoms with E-state index < -0.39 is 0 Å². The van der Waals surface area contributed by atoms with Crippen molar-refractivity contribution in [2.45, 2.75) is 31.6 Å². The lowest BCUT2D eigenvalue weighted by Crippen LogP contribution is -2.20. The molecule has 4 aromatic carbocycles. The van der Waals surface area contributed by atoms with Crippen LogP contribution in [-0.4, -0.2) is 20.9 Å². The molecule has 2 aliphatic carbocycles. The van der Waals surface area contributed by atoms with E-state index in [0.717, 1.165) is 56.8 Å². The third-order valence-corrected chi connectivity index (χ3v) is 9.13. The molecule has 2 N–H and O–H groups in total. The molecule has 3 heterocycles. The average molecular weight is 406 g/mol. The van der Waals surface area contributed by atoms with E-state index in [-0.39, 0.29) is 5.78 Å². The van der Waals surface area contributed by atoms with Gasteiger partial charge >= 0.3 is 0 Å². The minimum Gasteiger partial charge on any atom is -0.506 e. The molecule has 1 unspecified atom stereocenters. The highest BCUT2D eigenvalue weighted by Crippen LogP contribution is 2.58. The van der Waals surface area contributed by atoms with E-state index in [9.17, 15) is 9.90 Å². The number of phenolic OH excluding ortho intramolecular Hbond substituents is 1. The number of thiophene rings is 1. The van der Waals surface area contributed by atoms with E-state index in [1.54, 1.807) is 11.3 Å². The number of fused-ring (bicyclic) bond motifs is 1. The summed E-state index contributed by atoms with van der Waals surface area (Å²) in [5.41, 5.74) is 6.61. The Balaban J connectivity index is 1.79. The van der Waals surface area contributed by atoms with Crippen LogP contribution >= 0.6 is 11.3 Å². The molecule has 0 saturated heterocycles. The van der Waals surface area contributed by atoms with Crippen molar-refractivity contribution in [2.75, 3.05) is 0 Å². The van der Waals surface area contributed by atoms with E-state index in [2.05, 4.69) is 16.0 Å². The summed E-state index contributed by atoms with van der Waals surface area (Å²) in [7, 11) is 0. The molecule has 142 valence electrons. The predicted octanol–water partition coefficient (Wildman–Crippen LogP) is 6.42. The van der Waals surface area contributed by atoms with Gasteiger partial charge in [-0.1, -0.05) is 0 Å². The monoisotopic (exact) mass is 406 g/mol. The standard InChI is InChI=1S/C25H14N2O2S/c28-14-4-8-2-1-3-9-16(8)17-10(14)5-12-19-20-13(27-12)7-26-11-6-15(29)25-22(18(11)20)23(21(17)19)24(9)30-25/h5-8,27,29H,1-4H2. The Labute approximate surface area is 173 Å². The average Bonchev–Trinajstić information content (AvgIpc) is 3.33. The van der Waals surface area contributed by atoms with Crippen molar-refractivity contribution in [2.24, 2.45) is 0 Å². The molecule has 7 aromatic rings. The van der Waals surface area contributed by atoms with Crippen LogP contribution in [-0.2, 0) is 6.42 Å². The van der Waals surface area contributed by atoms with Crippen molar-refractivity contribution < 1.29 is 9.90 Å². The van der Waals surface area contributed by atoms with Crippen LogP contribution in [0.2, 0.25) is 0 Å². The molecule has 0 saturated carbocycles. The first-order valence-electron chi connectivity index (χ1n) is 10.6. The molecular formula is C25H14N2O2S. The number of aromatic nitrogens is 2. The van der Waals surface area contributed by atoms with E-state index in [1.165, 1.54) is 42.8 Å². The quantitative estimate of drug-likeness (QED) is 0.226. The van der Waals surface area contributed by atoms with Crippen molar-refractivity contribution in [1.29, 1.82) is 0 Å². The topological polar surface area (TPSA) is 66.0 Å². The van der Waals surface area contributed by atoms with Gasteiger partial charge in [-0.2, -0.15) is 0 Å². The molecule has 5 heteroatoms. The lowest BCUT2D eigenvalue weighted by atomic mass is 9.70. The summed E-state index contributed by atoms with van der Waals surface area (Å²) in [5.74, 6) is 0.927. The van der Waals surface area contributed by atoms with E-state index in [0.29, 0.717) is 18.1 Å². The zero-order valence-electron chi connectivity index (χ0n) is 15.8. The minimum atomic E-state index is 0.275. The maximum Gasteiger partial charge on any atom is 0.164 e. The Kier molecular flexibility index (Phi) is 2.11. The van der Waals surface area contributed by atoms with Crippen LogP contribution in [0, 0.1) is 0 Å². The Hall–Kier alpha value is -3.18. The third-order valence-electron chi connectivity index (χ3n) is 7.86. The van der Waals surface area contributed by atoms with Crippen molar-refractivity contribution >= 4 is 80.8 Å². The van der Waals surface area contributed by atoms with Crippen LogP contribution in [0.5, 0.6) is 5.75 Å². The van der Waals surface area contributed by atoms with Crippen LogP contribution in [0.1, 0.15) is 46.7 Å². The highest BCUT2D eigenvalue weighted by Gasteiger charge is 2.37. The number of rotatable bonds is 0. The maximum absolute atomic E-state index is 13.2.